The zero-order valence-corrected chi connectivity index (χ0v) is 26.6. The predicted molar refractivity (Wildman–Crippen MR) is 160 cm³/mol. The minimum absolute atomic E-state index is 0.0110. The van der Waals surface area contributed by atoms with Crippen LogP contribution in [-0.2, 0) is 27.3 Å². The second-order valence-electron chi connectivity index (χ2n) is 11.6. The number of hydrogen-bond donors (Lipinski definition) is 2. The average Bonchev–Trinajstić information content (AvgIpc) is 2.88. The van der Waals surface area contributed by atoms with Gasteiger partial charge in [0.2, 0.25) is 0 Å². The van der Waals surface area contributed by atoms with E-state index in [1.54, 1.807) is 38.7 Å². The number of hydrogen-bond acceptors (Lipinski definition) is 7. The van der Waals surface area contributed by atoms with Crippen LogP contribution >= 0.6 is 11.6 Å². The molecule has 1 atom stereocenters. The van der Waals surface area contributed by atoms with Crippen molar-refractivity contribution >= 4 is 44.8 Å². The number of sulfone groups is 1. The number of benzene rings is 2. The van der Waals surface area contributed by atoms with Gasteiger partial charge in [0.15, 0.2) is 9.84 Å². The Morgan fingerprint density at radius 3 is 2.44 bits per heavy atom. The zero-order chi connectivity index (χ0) is 32.5. The van der Waals surface area contributed by atoms with Crippen molar-refractivity contribution in [3.8, 4) is 0 Å². The van der Waals surface area contributed by atoms with Crippen molar-refractivity contribution < 1.29 is 35.9 Å². The van der Waals surface area contributed by atoms with Crippen molar-refractivity contribution in [2.45, 2.75) is 76.7 Å². The van der Waals surface area contributed by atoms with Gasteiger partial charge < -0.3 is 20.7 Å². The molecule has 2 aromatic carbocycles. The second-order valence-corrected chi connectivity index (χ2v) is 14.3. The maximum atomic E-state index is 14.4. The van der Waals surface area contributed by atoms with E-state index in [9.17, 15) is 31.2 Å². The van der Waals surface area contributed by atoms with Gasteiger partial charge in [0.25, 0.3) is 5.91 Å². The van der Waals surface area contributed by atoms with Crippen LogP contribution in [0.25, 0.3) is 0 Å². The maximum Gasteiger partial charge on any atom is 0.416 e. The van der Waals surface area contributed by atoms with E-state index in [0.29, 0.717) is 31.0 Å². The fourth-order valence-electron chi connectivity index (χ4n) is 4.91. The number of piperidine rings is 1. The molecule has 1 fully saturated rings. The fraction of sp³-hybridized carbons (Fsp3) is 0.517. The number of nitrogens with two attached hydrogens (primary N) is 1. The number of alkyl halides is 3. The summed E-state index contributed by atoms with van der Waals surface area (Å²) >= 11 is 6.46. The summed E-state index contributed by atoms with van der Waals surface area (Å²) in [7, 11) is -2.50. The third-order valence-electron chi connectivity index (χ3n) is 7.04. The minimum Gasteiger partial charge on any atom is -0.444 e. The number of likely N-dealkylation sites (tertiary alicyclic amines) is 1. The molecule has 0 aliphatic carbocycles. The van der Waals surface area contributed by atoms with Crippen molar-refractivity contribution in [3.63, 3.8) is 0 Å². The molecule has 3 rings (SSSR count). The Kier molecular flexibility index (Phi) is 10.3. The Morgan fingerprint density at radius 1 is 1.21 bits per heavy atom. The molecule has 2 amide bonds. The molecule has 0 aromatic heterocycles. The second kappa shape index (κ2) is 12.9. The molecule has 43 heavy (non-hydrogen) atoms. The smallest absolute Gasteiger partial charge is 0.416 e. The summed E-state index contributed by atoms with van der Waals surface area (Å²) < 4.78 is 74.0. The molecule has 0 bridgehead atoms. The molecular weight excluding hydrogens is 609 g/mol. The fourth-order valence-corrected chi connectivity index (χ4v) is 6.27. The third-order valence-corrected chi connectivity index (χ3v) is 9.25. The number of nitrogen functional groups attached to an aromatic ring is 1. The number of aryl methyl sites for hydroxylation is 1. The highest BCUT2D eigenvalue weighted by molar-refractivity contribution is 7.91. The van der Waals surface area contributed by atoms with Gasteiger partial charge in [-0.15, -0.1) is 0 Å². The first-order chi connectivity index (χ1) is 19.7. The van der Waals surface area contributed by atoms with E-state index < -0.39 is 49.8 Å². The Morgan fingerprint density at radius 2 is 1.86 bits per heavy atom. The van der Waals surface area contributed by atoms with Gasteiger partial charge in [-0.05, 0) is 76.4 Å². The molecule has 3 N–H and O–H groups in total. The molecule has 14 heteroatoms. The van der Waals surface area contributed by atoms with E-state index in [1.165, 1.54) is 26.1 Å². The van der Waals surface area contributed by atoms with Crippen LogP contribution < -0.4 is 16.0 Å². The number of alkyl carbamates (subject to hydrolysis) is 1. The number of nitrogens with zero attached hydrogens (tertiary/aromatic N) is 2. The summed E-state index contributed by atoms with van der Waals surface area (Å²) in [6.45, 7) is 8.79. The zero-order valence-electron chi connectivity index (χ0n) is 25.1. The quantitative estimate of drug-likeness (QED) is 0.364. The summed E-state index contributed by atoms with van der Waals surface area (Å²) in [6, 6.07) is 4.71. The number of carbonyl (C=O) groups excluding carboxylic acids is 2. The normalized spacial score (nSPS) is 16.6. The van der Waals surface area contributed by atoms with Gasteiger partial charge in [-0.2, -0.15) is 13.2 Å². The lowest BCUT2D eigenvalue weighted by molar-refractivity contribution is -0.138. The first kappa shape index (κ1) is 34.5. The summed E-state index contributed by atoms with van der Waals surface area (Å²) in [5, 5.41) is 2.34. The predicted octanol–water partition coefficient (Wildman–Crippen LogP) is 5.81. The van der Waals surface area contributed by atoms with Crippen molar-refractivity contribution in [1.82, 2.24) is 10.2 Å². The molecule has 0 radical (unpaired) electrons. The van der Waals surface area contributed by atoms with Crippen LogP contribution in [0, 0.1) is 6.92 Å². The molecule has 0 unspecified atom stereocenters. The number of rotatable bonds is 7. The Bertz CT molecular complexity index is 1490. The van der Waals surface area contributed by atoms with Crippen LogP contribution in [0.1, 0.15) is 67.6 Å². The van der Waals surface area contributed by atoms with Crippen LogP contribution in [-0.4, -0.2) is 62.9 Å². The highest BCUT2D eigenvalue weighted by Gasteiger charge is 2.38. The molecule has 0 saturated carbocycles. The third kappa shape index (κ3) is 8.33. The Hall–Kier alpha value is -3.03. The van der Waals surface area contributed by atoms with E-state index >= 15 is 0 Å². The highest BCUT2D eigenvalue weighted by atomic mass is 35.5. The Labute approximate surface area is 255 Å². The topological polar surface area (TPSA) is 122 Å². The first-order valence-corrected chi connectivity index (χ1v) is 15.8. The van der Waals surface area contributed by atoms with Crippen LogP contribution in [0.2, 0.25) is 5.02 Å². The molecule has 9 nitrogen and oxygen atoms in total. The molecule has 1 heterocycles. The average molecular weight is 647 g/mol. The van der Waals surface area contributed by atoms with Gasteiger partial charge in [0.05, 0.1) is 38.2 Å². The molecule has 1 aliphatic rings. The summed E-state index contributed by atoms with van der Waals surface area (Å²) in [5.41, 5.74) is 3.86. The molecule has 0 spiro atoms. The Balaban J connectivity index is 1.97. The van der Waals surface area contributed by atoms with Gasteiger partial charge in [0.1, 0.15) is 5.60 Å². The van der Waals surface area contributed by atoms with Crippen molar-refractivity contribution in [2.75, 3.05) is 36.5 Å². The van der Waals surface area contributed by atoms with E-state index in [0.717, 1.165) is 4.90 Å². The monoisotopic (exact) mass is 646 g/mol. The van der Waals surface area contributed by atoms with Gasteiger partial charge in [-0.25, -0.2) is 13.2 Å². The number of nitrogens with one attached hydrogen (secondary N) is 1. The summed E-state index contributed by atoms with van der Waals surface area (Å²) in [4.78, 5) is 28.4. The van der Waals surface area contributed by atoms with Gasteiger partial charge >= 0.3 is 12.3 Å². The lowest BCUT2D eigenvalue weighted by Crippen LogP contribution is -2.48. The van der Waals surface area contributed by atoms with Crippen molar-refractivity contribution in [3.05, 3.63) is 51.5 Å². The first-order valence-electron chi connectivity index (χ1n) is 13.8. The molecular formula is C29H38ClF3N4O5S. The molecule has 2 aromatic rings. The van der Waals surface area contributed by atoms with Gasteiger partial charge in [-0.1, -0.05) is 24.6 Å². The molecule has 1 aliphatic heterocycles. The number of ether oxygens (including phenoxy) is 1. The highest BCUT2D eigenvalue weighted by Crippen LogP contribution is 2.41. The summed E-state index contributed by atoms with van der Waals surface area (Å²) in [5.74, 6) is -1.19. The molecule has 238 valence electrons. The van der Waals surface area contributed by atoms with E-state index in [4.69, 9.17) is 22.1 Å². The largest absolute Gasteiger partial charge is 0.444 e. The van der Waals surface area contributed by atoms with E-state index in [-0.39, 0.29) is 46.7 Å². The van der Waals surface area contributed by atoms with Crippen LogP contribution in [0.4, 0.5) is 29.3 Å². The van der Waals surface area contributed by atoms with Crippen molar-refractivity contribution in [2.24, 2.45) is 0 Å². The lowest BCUT2D eigenvalue weighted by Gasteiger charge is -2.34. The number of amides is 2. The SMILES string of the molecule is CCS(=O)(=O)c1ccc(C)cc1N(C)C(=O)c1cc(C(F)(F)F)c(CN2CCC[C@@H](NC(=O)OC(C)(C)C)C2)c(Cl)c1N. The van der Waals surface area contributed by atoms with Crippen molar-refractivity contribution in [1.29, 1.82) is 0 Å². The van der Waals surface area contributed by atoms with Crippen LogP contribution in [0.15, 0.2) is 29.2 Å². The van der Waals surface area contributed by atoms with E-state index in [2.05, 4.69) is 5.32 Å². The number of carbonyl (C=O) groups is 2. The maximum absolute atomic E-state index is 14.4. The number of halogens is 4. The van der Waals surface area contributed by atoms with Crippen LogP contribution in [0.3, 0.4) is 0 Å². The van der Waals surface area contributed by atoms with E-state index in [1.807, 2.05) is 0 Å². The van der Waals surface area contributed by atoms with Gasteiger partial charge in [0, 0.05) is 26.2 Å². The number of anilines is 2. The lowest BCUT2D eigenvalue weighted by atomic mass is 9.98. The summed E-state index contributed by atoms with van der Waals surface area (Å²) in [6.07, 6.45) is -4.28. The van der Waals surface area contributed by atoms with Crippen LogP contribution in [0.5, 0.6) is 0 Å². The molecule has 1 saturated heterocycles. The van der Waals surface area contributed by atoms with Gasteiger partial charge in [-0.3, -0.25) is 9.69 Å². The minimum atomic E-state index is -4.88. The standard InChI is InChI=1S/C29H38ClF3N4O5S/c1-7-43(40,41)23-11-10-17(2)13-22(23)36(6)26(38)19-14-21(29(31,32)33)20(24(30)25(19)34)16-37-12-8-9-18(15-37)35-27(39)42-28(3,4)5/h10-11,13-14,18H,7-9,12,15-16,34H2,1-6H3,(H,35,39)/t18-/m1/s1.